The molecule has 0 radical (unpaired) electrons. The number of carbonyl (C=O) groups excluding carboxylic acids is 3. The molecule has 6 nitrogen and oxygen atoms in total. The number of rotatable bonds is 45. The van der Waals surface area contributed by atoms with Gasteiger partial charge in [-0.2, -0.15) is 0 Å². The van der Waals surface area contributed by atoms with Crippen LogP contribution in [0.3, 0.4) is 0 Å². The van der Waals surface area contributed by atoms with Gasteiger partial charge in [0.15, 0.2) is 6.10 Å². The van der Waals surface area contributed by atoms with Crippen LogP contribution in [-0.4, -0.2) is 37.2 Å². The monoisotopic (exact) mass is 807 g/mol. The van der Waals surface area contributed by atoms with E-state index >= 15 is 0 Å². The highest BCUT2D eigenvalue weighted by atomic mass is 16.6. The first-order valence-corrected chi connectivity index (χ1v) is 25.2. The lowest BCUT2D eigenvalue weighted by Gasteiger charge is -2.18. The molecule has 0 saturated heterocycles. The third-order valence-electron chi connectivity index (χ3n) is 11.5. The summed E-state index contributed by atoms with van der Waals surface area (Å²) in [5.41, 5.74) is 0. The molecular formula is C51H98O6. The lowest BCUT2D eigenvalue weighted by Crippen LogP contribution is -2.30. The summed E-state index contributed by atoms with van der Waals surface area (Å²) in [7, 11) is 0. The molecule has 0 aliphatic heterocycles. The van der Waals surface area contributed by atoms with E-state index < -0.39 is 6.10 Å². The third-order valence-corrected chi connectivity index (χ3v) is 11.5. The Balaban J connectivity index is 4.25. The number of ether oxygens (including phenoxy) is 3. The second-order valence-electron chi connectivity index (χ2n) is 18.4. The SMILES string of the molecule is CCCCCCCCCCCCCCCCCC(=O)OC[C@@H](COC(=O)CCCCCCCCCCCCCCC(C)C)OC(=O)CCCCCCCCC(C)C. The van der Waals surface area contributed by atoms with Gasteiger partial charge in [-0.1, -0.05) is 240 Å². The zero-order valence-corrected chi connectivity index (χ0v) is 39.0. The number of unbranched alkanes of at least 4 members (excludes halogenated alkanes) is 30. The van der Waals surface area contributed by atoms with Gasteiger partial charge in [-0.3, -0.25) is 14.4 Å². The van der Waals surface area contributed by atoms with Crippen molar-refractivity contribution in [3.05, 3.63) is 0 Å². The lowest BCUT2D eigenvalue weighted by molar-refractivity contribution is -0.167. The predicted octanol–water partition coefficient (Wildman–Crippen LogP) is 16.1. The largest absolute Gasteiger partial charge is 0.462 e. The molecule has 0 aromatic carbocycles. The summed E-state index contributed by atoms with van der Waals surface area (Å²) in [5.74, 6) is 0.738. The van der Waals surface area contributed by atoms with E-state index in [1.807, 2.05) is 0 Å². The van der Waals surface area contributed by atoms with Crippen molar-refractivity contribution in [2.45, 2.75) is 285 Å². The first-order chi connectivity index (χ1) is 27.7. The number of carbonyl (C=O) groups is 3. The van der Waals surface area contributed by atoms with Gasteiger partial charge in [0.2, 0.25) is 0 Å². The smallest absolute Gasteiger partial charge is 0.306 e. The summed E-state index contributed by atoms with van der Waals surface area (Å²) in [6, 6.07) is 0. The maximum Gasteiger partial charge on any atom is 0.306 e. The molecular weight excluding hydrogens is 709 g/mol. The molecule has 0 saturated carbocycles. The molecule has 0 bridgehead atoms. The summed E-state index contributed by atoms with van der Waals surface area (Å²) in [4.78, 5) is 37.8. The average Bonchev–Trinajstić information content (AvgIpc) is 3.18. The average molecular weight is 807 g/mol. The molecule has 0 aliphatic rings. The molecule has 0 aromatic rings. The third kappa shape index (κ3) is 45.3. The van der Waals surface area contributed by atoms with Crippen LogP contribution < -0.4 is 0 Å². The standard InChI is InChI=1S/C51H98O6/c1-6-7-8-9-10-11-12-13-14-15-19-22-25-31-36-41-49(52)55-44-48(57-51(54)43-38-33-28-27-30-35-40-47(4)5)45-56-50(53)42-37-32-26-23-20-17-16-18-21-24-29-34-39-46(2)3/h46-48H,6-45H2,1-5H3/t48-/m0/s1. The van der Waals surface area contributed by atoms with Gasteiger partial charge in [-0.15, -0.1) is 0 Å². The van der Waals surface area contributed by atoms with Crippen molar-refractivity contribution in [3.63, 3.8) is 0 Å². The van der Waals surface area contributed by atoms with Crippen molar-refractivity contribution in [1.82, 2.24) is 0 Å². The van der Waals surface area contributed by atoms with Gasteiger partial charge in [0.25, 0.3) is 0 Å². The van der Waals surface area contributed by atoms with Crippen LogP contribution >= 0.6 is 0 Å². The Hall–Kier alpha value is -1.59. The molecule has 0 amide bonds. The Morgan fingerprint density at radius 1 is 0.333 bits per heavy atom. The Labute approximate surface area is 355 Å². The molecule has 0 spiro atoms. The lowest BCUT2D eigenvalue weighted by atomic mass is 10.0. The van der Waals surface area contributed by atoms with Gasteiger partial charge in [0, 0.05) is 19.3 Å². The fourth-order valence-corrected chi connectivity index (χ4v) is 7.64. The van der Waals surface area contributed by atoms with Crippen LogP contribution in [0.2, 0.25) is 0 Å². The highest BCUT2D eigenvalue weighted by Gasteiger charge is 2.19. The minimum absolute atomic E-state index is 0.0649. The number of esters is 3. The van der Waals surface area contributed by atoms with E-state index in [0.717, 1.165) is 69.6 Å². The predicted molar refractivity (Wildman–Crippen MR) is 243 cm³/mol. The molecule has 57 heavy (non-hydrogen) atoms. The van der Waals surface area contributed by atoms with Gasteiger partial charge in [0.05, 0.1) is 0 Å². The van der Waals surface area contributed by atoms with Crippen molar-refractivity contribution in [2.24, 2.45) is 11.8 Å². The summed E-state index contributed by atoms with van der Waals surface area (Å²) < 4.78 is 16.8. The zero-order chi connectivity index (χ0) is 41.9. The summed E-state index contributed by atoms with van der Waals surface area (Å²) in [6.45, 7) is 11.3. The van der Waals surface area contributed by atoms with Crippen molar-refractivity contribution >= 4 is 17.9 Å². The molecule has 1 atom stereocenters. The van der Waals surface area contributed by atoms with Gasteiger partial charge >= 0.3 is 17.9 Å². The molecule has 0 aliphatic carbocycles. The summed E-state index contributed by atoms with van der Waals surface area (Å²) >= 11 is 0. The summed E-state index contributed by atoms with van der Waals surface area (Å²) in [6.07, 6.45) is 43.9. The Morgan fingerprint density at radius 3 is 0.860 bits per heavy atom. The summed E-state index contributed by atoms with van der Waals surface area (Å²) in [5, 5.41) is 0. The molecule has 6 heteroatoms. The topological polar surface area (TPSA) is 78.9 Å². The fourth-order valence-electron chi connectivity index (χ4n) is 7.64. The van der Waals surface area contributed by atoms with Gasteiger partial charge in [-0.25, -0.2) is 0 Å². The molecule has 0 N–H and O–H groups in total. The van der Waals surface area contributed by atoms with Crippen LogP contribution in [-0.2, 0) is 28.6 Å². The van der Waals surface area contributed by atoms with Crippen LogP contribution in [0.25, 0.3) is 0 Å². The van der Waals surface area contributed by atoms with Crippen LogP contribution in [0.5, 0.6) is 0 Å². The van der Waals surface area contributed by atoms with Crippen molar-refractivity contribution < 1.29 is 28.6 Å². The molecule has 0 fully saturated rings. The van der Waals surface area contributed by atoms with E-state index in [2.05, 4.69) is 34.6 Å². The van der Waals surface area contributed by atoms with E-state index in [1.165, 1.54) is 167 Å². The van der Waals surface area contributed by atoms with Gasteiger partial charge < -0.3 is 14.2 Å². The van der Waals surface area contributed by atoms with Crippen molar-refractivity contribution in [2.75, 3.05) is 13.2 Å². The molecule has 0 heterocycles. The van der Waals surface area contributed by atoms with Crippen molar-refractivity contribution in [1.29, 1.82) is 0 Å². The van der Waals surface area contributed by atoms with Crippen LogP contribution in [0.1, 0.15) is 279 Å². The molecule has 0 unspecified atom stereocenters. The second kappa shape index (κ2) is 44.0. The van der Waals surface area contributed by atoms with E-state index in [1.54, 1.807) is 0 Å². The van der Waals surface area contributed by atoms with Crippen molar-refractivity contribution in [3.8, 4) is 0 Å². The van der Waals surface area contributed by atoms with E-state index in [9.17, 15) is 14.4 Å². The quantitative estimate of drug-likeness (QED) is 0.0346. The minimum Gasteiger partial charge on any atom is -0.462 e. The van der Waals surface area contributed by atoms with Crippen LogP contribution in [0.15, 0.2) is 0 Å². The minimum atomic E-state index is -0.762. The highest BCUT2D eigenvalue weighted by molar-refractivity contribution is 5.71. The first kappa shape index (κ1) is 55.4. The van der Waals surface area contributed by atoms with E-state index in [-0.39, 0.29) is 31.1 Å². The van der Waals surface area contributed by atoms with Gasteiger partial charge in [-0.05, 0) is 31.1 Å². The van der Waals surface area contributed by atoms with E-state index in [0.29, 0.717) is 19.3 Å². The second-order valence-corrected chi connectivity index (χ2v) is 18.4. The fraction of sp³-hybridized carbons (Fsp3) is 0.941. The number of hydrogen-bond acceptors (Lipinski definition) is 6. The maximum atomic E-state index is 12.7. The molecule has 338 valence electrons. The van der Waals surface area contributed by atoms with E-state index in [4.69, 9.17) is 14.2 Å². The first-order valence-electron chi connectivity index (χ1n) is 25.2. The van der Waals surface area contributed by atoms with Gasteiger partial charge in [0.1, 0.15) is 13.2 Å². The Bertz CT molecular complexity index is 870. The normalized spacial score (nSPS) is 12.1. The Morgan fingerprint density at radius 2 is 0.579 bits per heavy atom. The molecule has 0 aromatic heterocycles. The van der Waals surface area contributed by atoms with Crippen LogP contribution in [0.4, 0.5) is 0 Å². The van der Waals surface area contributed by atoms with Crippen LogP contribution in [0, 0.1) is 11.8 Å². The Kier molecular flexibility index (Phi) is 42.7. The number of hydrogen-bond donors (Lipinski definition) is 0. The molecule has 0 rings (SSSR count). The zero-order valence-electron chi connectivity index (χ0n) is 39.0. The highest BCUT2D eigenvalue weighted by Crippen LogP contribution is 2.17. The maximum absolute atomic E-state index is 12.7.